The molecule has 2 aliphatic rings. The molecule has 1 aromatic rings. The molecule has 2 unspecified atom stereocenters. The number of sulfonamides is 1. The fourth-order valence-electron chi connectivity index (χ4n) is 3.19. The molecular weight excluding hydrogens is 457 g/mol. The van der Waals surface area contributed by atoms with Crippen molar-refractivity contribution >= 4 is 38.0 Å². The highest BCUT2D eigenvalue weighted by molar-refractivity contribution is 9.10. The van der Waals surface area contributed by atoms with Gasteiger partial charge in [-0.2, -0.15) is 0 Å². The normalized spacial score (nSPS) is 26.4. The Morgan fingerprint density at radius 2 is 2.14 bits per heavy atom. The molecule has 0 aromatic heterocycles. The fourth-order valence-corrected chi connectivity index (χ4v) is 5.23. The van der Waals surface area contributed by atoms with Crippen LogP contribution in [0.25, 0.3) is 0 Å². The number of hydrogen-bond acceptors (Lipinski definition) is 6. The van der Waals surface area contributed by atoms with Crippen molar-refractivity contribution in [3.05, 3.63) is 34.1 Å². The minimum atomic E-state index is -4.09. The molecule has 28 heavy (non-hydrogen) atoms. The third kappa shape index (κ3) is 3.62. The first-order valence-electron chi connectivity index (χ1n) is 8.51. The summed E-state index contributed by atoms with van der Waals surface area (Å²) in [4.78, 5) is 16.6. The van der Waals surface area contributed by atoms with E-state index in [9.17, 15) is 17.6 Å². The third-order valence-corrected chi connectivity index (χ3v) is 6.90. The van der Waals surface area contributed by atoms with Gasteiger partial charge in [0, 0.05) is 23.5 Å². The van der Waals surface area contributed by atoms with Crippen LogP contribution in [0.3, 0.4) is 0 Å². The third-order valence-electron chi connectivity index (χ3n) is 4.41. The summed E-state index contributed by atoms with van der Waals surface area (Å²) in [5.41, 5.74) is -3.64. The van der Waals surface area contributed by atoms with Crippen molar-refractivity contribution in [3.63, 3.8) is 0 Å². The summed E-state index contributed by atoms with van der Waals surface area (Å²) in [6.07, 6.45) is -0.729. The maximum Gasteiger partial charge on any atom is 0.414 e. The highest BCUT2D eigenvalue weighted by Crippen LogP contribution is 2.47. The molecule has 1 aromatic carbocycles. The van der Waals surface area contributed by atoms with Crippen molar-refractivity contribution in [1.82, 2.24) is 9.62 Å². The topological polar surface area (TPSA) is 97.3 Å². The molecule has 154 valence electrons. The number of nitrogens with zero attached hydrogens (tertiary/aromatic N) is 2. The largest absolute Gasteiger partial charge is 0.444 e. The number of aliphatic imine (C=N–C) groups is 1. The highest BCUT2D eigenvalue weighted by Gasteiger charge is 2.59. The molecule has 0 saturated carbocycles. The first-order valence-corrected chi connectivity index (χ1v) is 10.8. The van der Waals surface area contributed by atoms with Gasteiger partial charge in [-0.3, -0.25) is 5.32 Å². The second kappa shape index (κ2) is 6.96. The number of amides is 1. The molecule has 2 aliphatic heterocycles. The summed E-state index contributed by atoms with van der Waals surface area (Å²) in [5.74, 6) is -0.866. The van der Waals surface area contributed by atoms with E-state index < -0.39 is 38.5 Å². The van der Waals surface area contributed by atoms with Crippen LogP contribution in [0, 0.1) is 5.82 Å². The van der Waals surface area contributed by atoms with Gasteiger partial charge in [-0.1, -0.05) is 15.9 Å². The van der Waals surface area contributed by atoms with E-state index in [-0.39, 0.29) is 24.6 Å². The van der Waals surface area contributed by atoms with Crippen molar-refractivity contribution in [1.29, 1.82) is 0 Å². The van der Waals surface area contributed by atoms with Gasteiger partial charge in [-0.05, 0) is 39.0 Å². The van der Waals surface area contributed by atoms with Gasteiger partial charge in [0.1, 0.15) is 17.0 Å². The van der Waals surface area contributed by atoms with Crippen LogP contribution in [-0.2, 0) is 25.0 Å². The van der Waals surface area contributed by atoms with Gasteiger partial charge in [0.25, 0.3) is 10.0 Å². The Morgan fingerprint density at radius 1 is 1.46 bits per heavy atom. The highest BCUT2D eigenvalue weighted by atomic mass is 79.9. The molecule has 2 atom stereocenters. The number of carbonyl (C=O) groups excluding carboxylic acids is 1. The molecule has 8 nitrogen and oxygen atoms in total. The van der Waals surface area contributed by atoms with E-state index in [0.717, 1.165) is 4.31 Å². The van der Waals surface area contributed by atoms with E-state index in [1.807, 2.05) is 0 Å². The lowest BCUT2D eigenvalue weighted by Crippen LogP contribution is -2.58. The molecule has 2 heterocycles. The van der Waals surface area contributed by atoms with Crippen molar-refractivity contribution in [3.8, 4) is 0 Å². The Morgan fingerprint density at radius 3 is 2.79 bits per heavy atom. The lowest BCUT2D eigenvalue weighted by Gasteiger charge is -2.39. The maximum atomic E-state index is 14.7. The van der Waals surface area contributed by atoms with E-state index in [1.165, 1.54) is 25.2 Å². The SMILES string of the molecule is CN1C(NC(=O)OC(C)(C)C)=NC2(c3cc(Br)ccc3F)CCOC2S1(=O)=O. The van der Waals surface area contributed by atoms with Crippen LogP contribution in [0.5, 0.6) is 0 Å². The Hall–Kier alpha value is -1.72. The lowest BCUT2D eigenvalue weighted by molar-refractivity contribution is 0.0557. The van der Waals surface area contributed by atoms with Crippen LogP contribution in [-0.4, -0.2) is 49.5 Å². The molecule has 0 radical (unpaired) electrons. The van der Waals surface area contributed by atoms with E-state index >= 15 is 0 Å². The molecule has 1 amide bonds. The number of fused-ring (bicyclic) bond motifs is 1. The number of ether oxygens (including phenoxy) is 2. The smallest absolute Gasteiger partial charge is 0.414 e. The molecule has 1 saturated heterocycles. The minimum Gasteiger partial charge on any atom is -0.444 e. The first kappa shape index (κ1) is 21.0. The number of alkyl carbamates (subject to hydrolysis) is 1. The molecule has 1 fully saturated rings. The van der Waals surface area contributed by atoms with Crippen LogP contribution in [0.2, 0.25) is 0 Å². The molecule has 0 bridgehead atoms. The first-order chi connectivity index (χ1) is 12.9. The number of halogens is 2. The van der Waals surface area contributed by atoms with Crippen LogP contribution in [0.15, 0.2) is 27.7 Å². The van der Waals surface area contributed by atoms with Crippen LogP contribution in [0.4, 0.5) is 9.18 Å². The van der Waals surface area contributed by atoms with E-state index in [4.69, 9.17) is 9.47 Å². The van der Waals surface area contributed by atoms with Crippen LogP contribution >= 0.6 is 15.9 Å². The summed E-state index contributed by atoms with van der Waals surface area (Å²) in [6, 6.07) is 4.21. The summed E-state index contributed by atoms with van der Waals surface area (Å²) >= 11 is 3.28. The Bertz CT molecular complexity index is 947. The average Bonchev–Trinajstić information content (AvgIpc) is 2.99. The van der Waals surface area contributed by atoms with Crippen molar-refractivity contribution in [2.75, 3.05) is 13.7 Å². The number of rotatable bonds is 1. The zero-order chi connectivity index (χ0) is 20.9. The molecule has 1 N–H and O–H groups in total. The van der Waals surface area contributed by atoms with E-state index in [1.54, 1.807) is 20.8 Å². The number of guanidine groups is 1. The quantitative estimate of drug-likeness (QED) is 0.670. The summed E-state index contributed by atoms with van der Waals surface area (Å²) in [7, 11) is -2.84. The van der Waals surface area contributed by atoms with Crippen LogP contribution < -0.4 is 5.32 Å². The number of hydrogen-bond donors (Lipinski definition) is 1. The summed E-state index contributed by atoms with van der Waals surface area (Å²) < 4.78 is 52.8. The lowest BCUT2D eigenvalue weighted by atomic mass is 9.89. The Labute approximate surface area is 171 Å². The number of benzene rings is 1. The monoisotopic (exact) mass is 477 g/mol. The fraction of sp³-hybridized carbons (Fsp3) is 0.529. The van der Waals surface area contributed by atoms with Gasteiger partial charge in [-0.15, -0.1) is 0 Å². The van der Waals surface area contributed by atoms with Crippen molar-refractivity contribution in [2.24, 2.45) is 4.99 Å². The standard InChI is InChI=1S/C17H21BrFN3O5S/c1-16(2,3)27-15(23)20-14-21-17(11-9-10(18)5-6-12(11)19)7-8-26-13(17)28(24,25)22(14)4/h5-6,9,13H,7-8H2,1-4H3,(H,20,21,23). The predicted molar refractivity (Wildman–Crippen MR) is 104 cm³/mol. The zero-order valence-corrected chi connectivity index (χ0v) is 18.2. The molecule has 0 aliphatic carbocycles. The number of nitrogens with one attached hydrogen (secondary N) is 1. The van der Waals surface area contributed by atoms with Crippen molar-refractivity contribution < 1.29 is 27.1 Å². The van der Waals surface area contributed by atoms with Crippen molar-refractivity contribution in [2.45, 2.75) is 43.8 Å². The maximum absolute atomic E-state index is 14.7. The van der Waals surface area contributed by atoms with Gasteiger partial charge in [0.15, 0.2) is 0 Å². The number of carbonyl (C=O) groups is 1. The summed E-state index contributed by atoms with van der Waals surface area (Å²) in [5, 5.41) is 2.37. The molecule has 11 heteroatoms. The summed E-state index contributed by atoms with van der Waals surface area (Å²) in [6.45, 7) is 5.10. The molecule has 0 spiro atoms. The Balaban J connectivity index is 2.13. The molecule has 3 rings (SSSR count). The predicted octanol–water partition coefficient (Wildman–Crippen LogP) is 2.69. The molecular formula is C17H21BrFN3O5S. The second-order valence-electron chi connectivity index (χ2n) is 7.58. The average molecular weight is 478 g/mol. The second-order valence-corrected chi connectivity index (χ2v) is 10.5. The zero-order valence-electron chi connectivity index (χ0n) is 15.8. The van der Waals surface area contributed by atoms with Gasteiger partial charge >= 0.3 is 6.09 Å². The van der Waals surface area contributed by atoms with Gasteiger partial charge in [0.2, 0.25) is 11.4 Å². The van der Waals surface area contributed by atoms with E-state index in [2.05, 4.69) is 26.2 Å². The van der Waals surface area contributed by atoms with Crippen LogP contribution in [0.1, 0.15) is 32.8 Å². The Kier molecular flexibility index (Phi) is 5.22. The van der Waals surface area contributed by atoms with E-state index in [0.29, 0.717) is 4.47 Å². The van der Waals surface area contributed by atoms with Gasteiger partial charge in [0.05, 0.1) is 6.61 Å². The minimum absolute atomic E-state index is 0.0736. The van der Waals surface area contributed by atoms with Gasteiger partial charge in [-0.25, -0.2) is 26.9 Å². The van der Waals surface area contributed by atoms with Gasteiger partial charge < -0.3 is 9.47 Å².